The Morgan fingerprint density at radius 2 is 1.91 bits per heavy atom. The first-order chi connectivity index (χ1) is 11.0. The minimum Gasteiger partial charge on any atom is -0.324 e. The molecule has 0 unspecified atom stereocenters. The molecule has 0 saturated heterocycles. The van der Waals surface area contributed by atoms with Crippen molar-refractivity contribution in [2.75, 3.05) is 21.5 Å². The highest BCUT2D eigenvalue weighted by molar-refractivity contribution is 7.99. The first-order valence-corrected chi connectivity index (χ1v) is 10.6. The Morgan fingerprint density at radius 1 is 1.17 bits per heavy atom. The molecule has 0 fully saturated rings. The molecule has 0 radical (unpaired) electrons. The Bertz CT molecular complexity index is 743. The van der Waals surface area contributed by atoms with Crippen LogP contribution in [0.5, 0.6) is 0 Å². The van der Waals surface area contributed by atoms with Gasteiger partial charge in [-0.2, -0.15) is 11.8 Å². The van der Waals surface area contributed by atoms with Crippen LogP contribution in [0.15, 0.2) is 46.0 Å². The summed E-state index contributed by atoms with van der Waals surface area (Å²) in [5.74, 6) is 1.12. The molecule has 1 aromatic carbocycles. The summed E-state index contributed by atoms with van der Waals surface area (Å²) in [5.41, 5.74) is 0.810. The van der Waals surface area contributed by atoms with E-state index in [0.29, 0.717) is 17.1 Å². The van der Waals surface area contributed by atoms with Gasteiger partial charge in [0, 0.05) is 0 Å². The normalized spacial score (nSPS) is 11.2. The van der Waals surface area contributed by atoms with Gasteiger partial charge in [0.25, 0.3) is 10.0 Å². The molecule has 2 rings (SSSR count). The average Bonchev–Trinajstić information content (AvgIpc) is 3.04. The zero-order valence-corrected chi connectivity index (χ0v) is 15.1. The summed E-state index contributed by atoms with van der Waals surface area (Å²) in [4.78, 5) is 11.9. The molecule has 0 aliphatic rings. The first-order valence-electron chi connectivity index (χ1n) is 7.06. The average molecular weight is 371 g/mol. The van der Waals surface area contributed by atoms with Crippen molar-refractivity contribution in [2.45, 2.75) is 17.6 Å². The molecule has 23 heavy (non-hydrogen) atoms. The maximum Gasteiger partial charge on any atom is 0.271 e. The third-order valence-corrected chi connectivity index (χ3v) is 6.71. The van der Waals surface area contributed by atoms with Crippen LogP contribution >= 0.6 is 23.1 Å². The smallest absolute Gasteiger partial charge is 0.271 e. The lowest BCUT2D eigenvalue weighted by Crippen LogP contribution is -2.18. The number of carbonyl (C=O) groups is 1. The molecule has 0 spiro atoms. The van der Waals surface area contributed by atoms with Crippen molar-refractivity contribution in [1.82, 2.24) is 0 Å². The van der Waals surface area contributed by atoms with E-state index >= 15 is 0 Å². The van der Waals surface area contributed by atoms with Crippen LogP contribution in [0, 0.1) is 0 Å². The number of benzene rings is 1. The number of amides is 1. The van der Waals surface area contributed by atoms with Crippen LogP contribution in [0.1, 0.15) is 13.3 Å². The van der Waals surface area contributed by atoms with Crippen molar-refractivity contribution in [3.63, 3.8) is 0 Å². The summed E-state index contributed by atoms with van der Waals surface area (Å²) in [5, 5.41) is 4.46. The van der Waals surface area contributed by atoms with E-state index in [-0.39, 0.29) is 10.1 Å². The quantitative estimate of drug-likeness (QED) is 0.696. The molecule has 0 aliphatic heterocycles. The van der Waals surface area contributed by atoms with Crippen molar-refractivity contribution >= 4 is 50.4 Å². The van der Waals surface area contributed by atoms with Gasteiger partial charge in [-0.1, -0.05) is 25.1 Å². The third kappa shape index (κ3) is 5.26. The van der Waals surface area contributed by atoms with Gasteiger partial charge in [-0.25, -0.2) is 8.42 Å². The lowest BCUT2D eigenvalue weighted by Gasteiger charge is -2.12. The molecule has 1 heterocycles. The Kier molecular flexibility index (Phi) is 6.49. The van der Waals surface area contributed by atoms with Gasteiger partial charge in [-0.15, -0.1) is 11.3 Å². The summed E-state index contributed by atoms with van der Waals surface area (Å²) in [6.45, 7) is 2.06. The number of anilines is 2. The zero-order chi connectivity index (χ0) is 16.7. The number of thioether (sulfide) groups is 1. The van der Waals surface area contributed by atoms with E-state index in [4.69, 9.17) is 0 Å². The summed E-state index contributed by atoms with van der Waals surface area (Å²) in [6, 6.07) is 9.98. The zero-order valence-electron chi connectivity index (χ0n) is 12.6. The highest BCUT2D eigenvalue weighted by atomic mass is 32.2. The molecular weight excluding hydrogens is 352 g/mol. The maximum absolute atomic E-state index is 12.3. The molecule has 2 N–H and O–H groups in total. The number of rotatable bonds is 8. The van der Waals surface area contributed by atoms with Crippen molar-refractivity contribution in [3.8, 4) is 0 Å². The second kappa shape index (κ2) is 8.37. The molecule has 2 aromatic rings. The molecule has 0 bridgehead atoms. The molecule has 1 aromatic heterocycles. The van der Waals surface area contributed by atoms with E-state index in [9.17, 15) is 13.2 Å². The van der Waals surface area contributed by atoms with E-state index in [0.717, 1.165) is 23.5 Å². The molecular formula is C15H18N2O3S3. The largest absolute Gasteiger partial charge is 0.324 e. The van der Waals surface area contributed by atoms with Gasteiger partial charge >= 0.3 is 0 Å². The SMILES string of the molecule is CCCSCC(=O)Nc1ccccc1NS(=O)(=O)c1cccs1. The predicted octanol–water partition coefficient (Wildman–Crippen LogP) is 3.63. The number of para-hydroxylation sites is 2. The molecule has 0 atom stereocenters. The first kappa shape index (κ1) is 17.8. The van der Waals surface area contributed by atoms with Crippen LogP contribution in [-0.2, 0) is 14.8 Å². The second-order valence-corrected chi connectivity index (χ2v) is 8.65. The van der Waals surface area contributed by atoms with Crippen LogP contribution in [0.4, 0.5) is 11.4 Å². The van der Waals surface area contributed by atoms with E-state index < -0.39 is 10.0 Å². The maximum atomic E-state index is 12.3. The van der Waals surface area contributed by atoms with E-state index in [2.05, 4.69) is 17.0 Å². The fourth-order valence-corrected chi connectivity index (χ4v) is 4.55. The van der Waals surface area contributed by atoms with Gasteiger partial charge in [0.15, 0.2) is 0 Å². The van der Waals surface area contributed by atoms with Gasteiger partial charge in [0.1, 0.15) is 4.21 Å². The Labute approximate surface area is 144 Å². The molecule has 1 amide bonds. The molecule has 124 valence electrons. The van der Waals surface area contributed by atoms with Crippen molar-refractivity contribution in [3.05, 3.63) is 41.8 Å². The fraction of sp³-hybridized carbons (Fsp3) is 0.267. The van der Waals surface area contributed by atoms with E-state index in [1.165, 1.54) is 6.07 Å². The van der Waals surface area contributed by atoms with Gasteiger partial charge < -0.3 is 5.32 Å². The number of nitrogens with one attached hydrogen (secondary N) is 2. The molecule has 8 heteroatoms. The molecule has 0 saturated carbocycles. The van der Waals surface area contributed by atoms with Crippen LogP contribution in [0.2, 0.25) is 0 Å². The van der Waals surface area contributed by atoms with Crippen LogP contribution in [0.25, 0.3) is 0 Å². The Hall–Kier alpha value is -1.51. The molecule has 5 nitrogen and oxygen atoms in total. The summed E-state index contributed by atoms with van der Waals surface area (Å²) >= 11 is 2.69. The highest BCUT2D eigenvalue weighted by Gasteiger charge is 2.17. The number of hydrogen-bond acceptors (Lipinski definition) is 5. The van der Waals surface area contributed by atoms with Gasteiger partial charge in [0.05, 0.1) is 17.1 Å². The summed E-state index contributed by atoms with van der Waals surface area (Å²) in [6.07, 6.45) is 1.01. The van der Waals surface area contributed by atoms with Gasteiger partial charge in [-0.3, -0.25) is 9.52 Å². The van der Waals surface area contributed by atoms with Crippen LogP contribution in [0.3, 0.4) is 0 Å². The second-order valence-electron chi connectivity index (χ2n) is 4.68. The number of carbonyl (C=O) groups excluding carboxylic acids is 1. The number of hydrogen-bond donors (Lipinski definition) is 2. The van der Waals surface area contributed by atoms with E-state index in [1.807, 2.05) is 0 Å². The van der Waals surface area contributed by atoms with Crippen molar-refractivity contribution in [1.29, 1.82) is 0 Å². The minimum atomic E-state index is -3.64. The van der Waals surface area contributed by atoms with Crippen LogP contribution < -0.4 is 10.0 Å². The topological polar surface area (TPSA) is 75.3 Å². The standard InChI is InChI=1S/C15H18N2O3S3/c1-2-9-21-11-14(18)16-12-6-3-4-7-13(12)17-23(19,20)15-8-5-10-22-15/h3-8,10,17H,2,9,11H2,1H3,(H,16,18). The number of sulfonamides is 1. The summed E-state index contributed by atoms with van der Waals surface area (Å²) < 4.78 is 27.3. The van der Waals surface area contributed by atoms with Crippen molar-refractivity contribution < 1.29 is 13.2 Å². The van der Waals surface area contributed by atoms with Gasteiger partial charge in [0.2, 0.25) is 5.91 Å². The predicted molar refractivity (Wildman–Crippen MR) is 97.8 cm³/mol. The molecule has 0 aliphatic carbocycles. The van der Waals surface area contributed by atoms with Gasteiger partial charge in [-0.05, 0) is 35.8 Å². The minimum absolute atomic E-state index is 0.147. The Morgan fingerprint density at radius 3 is 2.57 bits per heavy atom. The lowest BCUT2D eigenvalue weighted by atomic mass is 10.3. The summed E-state index contributed by atoms with van der Waals surface area (Å²) in [7, 11) is -3.64. The van der Waals surface area contributed by atoms with Crippen molar-refractivity contribution in [2.24, 2.45) is 0 Å². The lowest BCUT2D eigenvalue weighted by molar-refractivity contribution is -0.113. The number of thiophene rings is 1. The Balaban J connectivity index is 2.10. The highest BCUT2D eigenvalue weighted by Crippen LogP contribution is 2.26. The fourth-order valence-electron chi connectivity index (χ4n) is 1.79. The van der Waals surface area contributed by atoms with Crippen LogP contribution in [-0.4, -0.2) is 25.8 Å². The monoisotopic (exact) mass is 370 g/mol. The third-order valence-electron chi connectivity index (χ3n) is 2.79. The van der Waals surface area contributed by atoms with E-state index in [1.54, 1.807) is 47.5 Å².